The number of rotatable bonds is 4. The van der Waals surface area contributed by atoms with Gasteiger partial charge >= 0.3 is 6.03 Å². The van der Waals surface area contributed by atoms with Crippen LogP contribution in [0, 0.1) is 12.8 Å². The highest BCUT2D eigenvalue weighted by molar-refractivity contribution is 7.89. The smallest absolute Gasteiger partial charge is 0.323 e. The van der Waals surface area contributed by atoms with Gasteiger partial charge in [-0.1, -0.05) is 25.1 Å². The minimum atomic E-state index is -3.70. The fraction of sp³-hybridized carbons (Fsp3) is 0.389. The number of carbonyl (C=O) groups is 1. The molecule has 0 unspecified atom stereocenters. The van der Waals surface area contributed by atoms with Gasteiger partial charge < -0.3 is 15.1 Å². The van der Waals surface area contributed by atoms with Gasteiger partial charge in [0.1, 0.15) is 5.76 Å². The highest BCUT2D eigenvalue weighted by Crippen LogP contribution is 2.29. The standard InChI is InChI=1S/C18H23N3O4S/c1-13-7-6-10-21(12-13)26(23,24)17-11-16(14(2)25-17)20-18(22)19-15-8-4-3-5-9-15/h3-5,8-9,11,13H,6-7,10,12H2,1-2H3,(H2,19,20,22)/t13-/m0/s1. The largest absolute Gasteiger partial charge is 0.446 e. The van der Waals surface area contributed by atoms with E-state index < -0.39 is 16.1 Å². The van der Waals surface area contributed by atoms with Crippen molar-refractivity contribution in [1.82, 2.24) is 4.31 Å². The van der Waals surface area contributed by atoms with Gasteiger partial charge in [-0.05, 0) is 37.8 Å². The summed E-state index contributed by atoms with van der Waals surface area (Å²) in [5, 5.41) is 5.18. The van der Waals surface area contributed by atoms with Crippen molar-refractivity contribution in [2.75, 3.05) is 23.7 Å². The summed E-state index contributed by atoms with van der Waals surface area (Å²) in [6.07, 6.45) is 1.86. The van der Waals surface area contributed by atoms with Crippen LogP contribution in [0.4, 0.5) is 16.2 Å². The normalized spacial score (nSPS) is 18.5. The van der Waals surface area contributed by atoms with Gasteiger partial charge in [0.05, 0.1) is 5.69 Å². The van der Waals surface area contributed by atoms with Crippen molar-refractivity contribution in [3.05, 3.63) is 42.2 Å². The molecule has 1 aromatic carbocycles. The quantitative estimate of drug-likeness (QED) is 0.851. The number of hydrogen-bond acceptors (Lipinski definition) is 4. The number of amides is 2. The zero-order chi connectivity index (χ0) is 18.7. The number of sulfonamides is 1. The SMILES string of the molecule is Cc1oc(S(=O)(=O)N2CCC[C@H](C)C2)cc1NC(=O)Nc1ccccc1. The number of furan rings is 1. The number of aryl methyl sites for hydroxylation is 1. The molecular weight excluding hydrogens is 354 g/mol. The highest BCUT2D eigenvalue weighted by atomic mass is 32.2. The molecule has 0 saturated carbocycles. The van der Waals surface area contributed by atoms with Crippen LogP contribution in [0.1, 0.15) is 25.5 Å². The molecule has 1 saturated heterocycles. The molecule has 2 heterocycles. The van der Waals surface area contributed by atoms with Crippen LogP contribution in [0.25, 0.3) is 0 Å². The average Bonchev–Trinajstić information content (AvgIpc) is 2.97. The predicted octanol–water partition coefficient (Wildman–Crippen LogP) is 3.65. The number of nitrogens with one attached hydrogen (secondary N) is 2. The van der Waals surface area contributed by atoms with E-state index in [2.05, 4.69) is 10.6 Å². The van der Waals surface area contributed by atoms with Crippen LogP contribution >= 0.6 is 0 Å². The third kappa shape index (κ3) is 4.08. The lowest BCUT2D eigenvalue weighted by molar-refractivity contribution is 0.262. The Morgan fingerprint density at radius 1 is 1.23 bits per heavy atom. The minimum absolute atomic E-state index is 0.140. The molecule has 1 fully saturated rings. The van der Waals surface area contributed by atoms with E-state index in [1.807, 2.05) is 25.1 Å². The summed E-state index contributed by atoms with van der Waals surface area (Å²) in [5.74, 6) is 0.667. The Kier molecular flexibility index (Phi) is 5.33. The molecule has 1 aliphatic heterocycles. The molecule has 1 atom stereocenters. The number of carbonyl (C=O) groups excluding carboxylic acids is 1. The summed E-state index contributed by atoms with van der Waals surface area (Å²) in [5.41, 5.74) is 0.975. The number of piperidine rings is 1. The summed E-state index contributed by atoms with van der Waals surface area (Å²) in [6, 6.07) is 9.89. The molecule has 2 N–H and O–H groups in total. The van der Waals surface area contributed by atoms with E-state index in [1.165, 1.54) is 10.4 Å². The van der Waals surface area contributed by atoms with Crippen molar-refractivity contribution < 1.29 is 17.6 Å². The first-order valence-corrected chi connectivity index (χ1v) is 10.0. The van der Waals surface area contributed by atoms with Crippen LogP contribution in [0.2, 0.25) is 0 Å². The van der Waals surface area contributed by atoms with Crippen molar-refractivity contribution in [3.63, 3.8) is 0 Å². The maximum absolute atomic E-state index is 12.8. The molecule has 140 valence electrons. The molecule has 2 aromatic rings. The first-order valence-electron chi connectivity index (χ1n) is 8.60. The molecule has 0 aliphatic carbocycles. The summed E-state index contributed by atoms with van der Waals surface area (Å²) >= 11 is 0. The van der Waals surface area contributed by atoms with Gasteiger partial charge in [0.2, 0.25) is 5.09 Å². The number of para-hydroxylation sites is 1. The molecule has 1 aromatic heterocycles. The Bertz CT molecular complexity index is 877. The summed E-state index contributed by atoms with van der Waals surface area (Å²) in [4.78, 5) is 12.1. The van der Waals surface area contributed by atoms with Crippen LogP contribution in [-0.2, 0) is 10.0 Å². The van der Waals surface area contributed by atoms with Crippen LogP contribution in [0.5, 0.6) is 0 Å². The average molecular weight is 377 g/mol. The maximum Gasteiger partial charge on any atom is 0.323 e. The molecule has 0 spiro atoms. The van der Waals surface area contributed by atoms with Crippen molar-refractivity contribution in [2.24, 2.45) is 5.92 Å². The molecule has 26 heavy (non-hydrogen) atoms. The van der Waals surface area contributed by atoms with Crippen LogP contribution in [0.3, 0.4) is 0 Å². The van der Waals surface area contributed by atoms with E-state index in [0.717, 1.165) is 12.8 Å². The summed E-state index contributed by atoms with van der Waals surface area (Å²) in [7, 11) is -3.70. The van der Waals surface area contributed by atoms with Crippen molar-refractivity contribution >= 4 is 27.4 Å². The molecule has 1 aliphatic rings. The fourth-order valence-electron chi connectivity index (χ4n) is 3.00. The summed E-state index contributed by atoms with van der Waals surface area (Å²) in [6.45, 7) is 4.63. The highest BCUT2D eigenvalue weighted by Gasteiger charge is 2.32. The lowest BCUT2D eigenvalue weighted by atomic mass is 10.0. The number of nitrogens with zero attached hydrogens (tertiary/aromatic N) is 1. The second-order valence-corrected chi connectivity index (χ2v) is 8.46. The van der Waals surface area contributed by atoms with Gasteiger partial charge in [-0.25, -0.2) is 13.2 Å². The summed E-state index contributed by atoms with van der Waals surface area (Å²) < 4.78 is 32.5. The Morgan fingerprint density at radius 2 is 1.96 bits per heavy atom. The number of hydrogen-bond donors (Lipinski definition) is 2. The fourth-order valence-corrected chi connectivity index (χ4v) is 4.58. The lowest BCUT2D eigenvalue weighted by Gasteiger charge is -2.29. The minimum Gasteiger partial charge on any atom is -0.446 e. The Labute approximate surface area is 153 Å². The van der Waals surface area contributed by atoms with E-state index in [0.29, 0.717) is 36.1 Å². The second-order valence-electron chi connectivity index (χ2n) is 6.59. The van der Waals surface area contributed by atoms with Crippen LogP contribution < -0.4 is 10.6 Å². The topological polar surface area (TPSA) is 91.7 Å². The first-order chi connectivity index (χ1) is 12.4. The molecule has 0 bridgehead atoms. The van der Waals surface area contributed by atoms with E-state index in [9.17, 15) is 13.2 Å². The van der Waals surface area contributed by atoms with E-state index in [4.69, 9.17) is 4.42 Å². The third-order valence-electron chi connectivity index (χ3n) is 4.39. The van der Waals surface area contributed by atoms with Crippen molar-refractivity contribution in [2.45, 2.75) is 31.8 Å². The number of urea groups is 1. The zero-order valence-electron chi connectivity index (χ0n) is 14.9. The van der Waals surface area contributed by atoms with Gasteiger partial charge in [-0.3, -0.25) is 0 Å². The predicted molar refractivity (Wildman–Crippen MR) is 99.7 cm³/mol. The second kappa shape index (κ2) is 7.51. The van der Waals surface area contributed by atoms with E-state index in [-0.39, 0.29) is 5.09 Å². The molecular formula is C18H23N3O4S. The van der Waals surface area contributed by atoms with E-state index in [1.54, 1.807) is 19.1 Å². The monoisotopic (exact) mass is 377 g/mol. The first kappa shape index (κ1) is 18.5. The van der Waals surface area contributed by atoms with Crippen molar-refractivity contribution in [3.8, 4) is 0 Å². The Morgan fingerprint density at radius 3 is 2.65 bits per heavy atom. The zero-order valence-corrected chi connectivity index (χ0v) is 15.7. The molecule has 8 heteroatoms. The third-order valence-corrected chi connectivity index (χ3v) is 6.11. The number of anilines is 2. The molecule has 0 radical (unpaired) electrons. The van der Waals surface area contributed by atoms with Gasteiger partial charge in [0.15, 0.2) is 0 Å². The van der Waals surface area contributed by atoms with Gasteiger partial charge in [0.25, 0.3) is 10.0 Å². The van der Waals surface area contributed by atoms with Gasteiger partial charge in [-0.2, -0.15) is 4.31 Å². The molecule has 7 nitrogen and oxygen atoms in total. The Balaban J connectivity index is 1.73. The van der Waals surface area contributed by atoms with E-state index >= 15 is 0 Å². The van der Waals surface area contributed by atoms with Crippen molar-refractivity contribution in [1.29, 1.82) is 0 Å². The Hall–Kier alpha value is -2.32. The molecule has 2 amide bonds. The van der Waals surface area contributed by atoms with Crippen LogP contribution in [0.15, 0.2) is 45.9 Å². The van der Waals surface area contributed by atoms with Crippen LogP contribution in [-0.4, -0.2) is 31.8 Å². The maximum atomic E-state index is 12.8. The lowest BCUT2D eigenvalue weighted by Crippen LogP contribution is -2.38. The van der Waals surface area contributed by atoms with Gasteiger partial charge in [0, 0.05) is 24.8 Å². The molecule has 3 rings (SSSR count). The number of benzene rings is 1. The van der Waals surface area contributed by atoms with Gasteiger partial charge in [-0.15, -0.1) is 0 Å².